The maximum absolute atomic E-state index is 11.1. The molecule has 0 bridgehead atoms. The van der Waals surface area contributed by atoms with Crippen LogP contribution in [0.1, 0.15) is 91.4 Å². The lowest BCUT2D eigenvalue weighted by molar-refractivity contribution is -0.0794. The minimum Gasteiger partial charge on any atom is -0.393 e. The van der Waals surface area contributed by atoms with E-state index in [1.165, 1.54) is 44.9 Å². The lowest BCUT2D eigenvalue weighted by atomic mass is 9.46. The fraction of sp³-hybridized carbons (Fsp3) is 0.852. The maximum Gasteiger partial charge on any atom is 0.0633 e. The van der Waals surface area contributed by atoms with Gasteiger partial charge >= 0.3 is 0 Å². The molecule has 0 spiro atoms. The fourth-order valence-corrected chi connectivity index (χ4v) is 8.93. The average Bonchev–Trinajstić information content (AvgIpc) is 3.05. The van der Waals surface area contributed by atoms with Gasteiger partial charge in [-0.1, -0.05) is 50.5 Å². The van der Waals surface area contributed by atoms with Gasteiger partial charge in [0.1, 0.15) is 0 Å². The van der Waals surface area contributed by atoms with E-state index in [1.54, 1.807) is 11.1 Å². The number of allylic oxidation sites excluding steroid dienone is 3. The summed E-state index contributed by atoms with van der Waals surface area (Å²) in [7, 11) is 0. The lowest BCUT2D eigenvalue weighted by Crippen LogP contribution is -2.54. The smallest absolute Gasteiger partial charge is 0.0633 e. The number of fused-ring (bicyclic) bond motifs is 5. The molecule has 3 saturated carbocycles. The normalized spacial score (nSPS) is 50.7. The second-order valence-electron chi connectivity index (χ2n) is 11.8. The molecule has 2 N–H and O–H groups in total. The van der Waals surface area contributed by atoms with Crippen molar-refractivity contribution in [1.82, 2.24) is 0 Å². The molecule has 0 saturated heterocycles. The van der Waals surface area contributed by atoms with Crippen LogP contribution < -0.4 is 0 Å². The van der Waals surface area contributed by atoms with Crippen molar-refractivity contribution >= 4 is 0 Å². The van der Waals surface area contributed by atoms with Crippen molar-refractivity contribution in [3.63, 3.8) is 0 Å². The minimum atomic E-state index is -0.142. The van der Waals surface area contributed by atoms with Crippen LogP contribution in [-0.4, -0.2) is 22.4 Å². The second-order valence-corrected chi connectivity index (χ2v) is 11.8. The first-order chi connectivity index (χ1) is 13.9. The number of rotatable bonds is 2. The van der Waals surface area contributed by atoms with Gasteiger partial charge in [-0.3, -0.25) is 0 Å². The van der Waals surface area contributed by atoms with Crippen LogP contribution in [0.25, 0.3) is 0 Å². The molecule has 0 amide bonds. The van der Waals surface area contributed by atoms with Gasteiger partial charge in [-0.2, -0.15) is 0 Å². The Bertz CT molecular complexity index is 707. The predicted octanol–water partition coefficient (Wildman–Crippen LogP) is 6.03. The summed E-state index contributed by atoms with van der Waals surface area (Å²) in [6, 6.07) is 0. The van der Waals surface area contributed by atoms with E-state index in [2.05, 4.69) is 32.9 Å². The molecular formula is C27H42O2. The Balaban J connectivity index is 1.40. The Morgan fingerprint density at radius 1 is 0.966 bits per heavy atom. The Hall–Kier alpha value is -0.600. The van der Waals surface area contributed by atoms with Crippen molar-refractivity contribution in [3.05, 3.63) is 23.3 Å². The number of aliphatic hydroxyl groups is 2. The quantitative estimate of drug-likeness (QED) is 0.557. The van der Waals surface area contributed by atoms with Crippen molar-refractivity contribution in [1.29, 1.82) is 0 Å². The summed E-state index contributed by atoms with van der Waals surface area (Å²) >= 11 is 0. The van der Waals surface area contributed by atoms with E-state index in [-0.39, 0.29) is 17.6 Å². The first-order valence-electron chi connectivity index (χ1n) is 12.6. The molecule has 0 aromatic rings. The molecule has 5 aliphatic carbocycles. The van der Waals surface area contributed by atoms with Gasteiger partial charge in [0, 0.05) is 5.41 Å². The molecule has 0 radical (unpaired) electrons. The van der Waals surface area contributed by atoms with Gasteiger partial charge in [-0.15, -0.1) is 0 Å². The zero-order valence-electron chi connectivity index (χ0n) is 18.9. The summed E-state index contributed by atoms with van der Waals surface area (Å²) in [5.41, 5.74) is 3.68. The van der Waals surface area contributed by atoms with E-state index >= 15 is 0 Å². The highest BCUT2D eigenvalue weighted by atomic mass is 16.3. The first-order valence-corrected chi connectivity index (χ1v) is 12.6. The summed E-state index contributed by atoms with van der Waals surface area (Å²) < 4.78 is 0. The zero-order valence-corrected chi connectivity index (χ0v) is 18.9. The lowest BCUT2D eigenvalue weighted by Gasteiger charge is -2.59. The van der Waals surface area contributed by atoms with Crippen LogP contribution in [0, 0.1) is 40.4 Å². The molecule has 0 heterocycles. The van der Waals surface area contributed by atoms with E-state index < -0.39 is 0 Å². The molecule has 29 heavy (non-hydrogen) atoms. The van der Waals surface area contributed by atoms with Crippen molar-refractivity contribution in [2.24, 2.45) is 40.4 Å². The third kappa shape index (κ3) is 2.95. The van der Waals surface area contributed by atoms with E-state index in [9.17, 15) is 10.2 Å². The number of aliphatic hydroxyl groups excluding tert-OH is 2. The molecule has 5 rings (SSSR count). The topological polar surface area (TPSA) is 40.5 Å². The third-order valence-electron chi connectivity index (χ3n) is 10.7. The monoisotopic (exact) mass is 398 g/mol. The summed E-state index contributed by atoms with van der Waals surface area (Å²) in [4.78, 5) is 0. The van der Waals surface area contributed by atoms with E-state index in [1.807, 2.05) is 0 Å². The molecule has 5 aliphatic rings. The highest BCUT2D eigenvalue weighted by Crippen LogP contribution is 2.66. The van der Waals surface area contributed by atoms with Gasteiger partial charge in [-0.25, -0.2) is 0 Å². The van der Waals surface area contributed by atoms with Crippen molar-refractivity contribution in [2.75, 3.05) is 0 Å². The molecule has 0 aromatic heterocycles. The van der Waals surface area contributed by atoms with E-state index in [4.69, 9.17) is 0 Å². The van der Waals surface area contributed by atoms with E-state index in [0.717, 1.165) is 37.5 Å². The van der Waals surface area contributed by atoms with E-state index in [0.29, 0.717) is 23.2 Å². The second kappa shape index (κ2) is 7.23. The van der Waals surface area contributed by atoms with Crippen molar-refractivity contribution in [2.45, 2.75) is 104 Å². The summed E-state index contributed by atoms with van der Waals surface area (Å²) in [5.74, 6) is 3.41. The van der Waals surface area contributed by atoms with Crippen LogP contribution in [0.2, 0.25) is 0 Å². The number of hydrogen-bond acceptors (Lipinski definition) is 2. The Morgan fingerprint density at radius 2 is 1.79 bits per heavy atom. The Morgan fingerprint density at radius 3 is 2.59 bits per heavy atom. The van der Waals surface area contributed by atoms with Gasteiger partial charge in [0.2, 0.25) is 0 Å². The Kier molecular flexibility index (Phi) is 5.06. The summed E-state index contributed by atoms with van der Waals surface area (Å²) in [5, 5.41) is 21.3. The van der Waals surface area contributed by atoms with Crippen LogP contribution >= 0.6 is 0 Å². The van der Waals surface area contributed by atoms with Gasteiger partial charge in [0.05, 0.1) is 12.2 Å². The highest BCUT2D eigenvalue weighted by molar-refractivity contribution is 5.32. The largest absolute Gasteiger partial charge is 0.393 e. The van der Waals surface area contributed by atoms with Gasteiger partial charge in [0.15, 0.2) is 0 Å². The van der Waals surface area contributed by atoms with Gasteiger partial charge < -0.3 is 10.2 Å². The van der Waals surface area contributed by atoms with Crippen LogP contribution in [0.15, 0.2) is 23.3 Å². The minimum absolute atomic E-state index is 0.0321. The molecule has 2 heteroatoms. The molecule has 162 valence electrons. The van der Waals surface area contributed by atoms with Crippen molar-refractivity contribution in [3.8, 4) is 0 Å². The van der Waals surface area contributed by atoms with Crippen molar-refractivity contribution < 1.29 is 10.2 Å². The SMILES string of the molecule is CC(C1=CC[C@H]2[C@@H]3CC=C4CCCC(O)[C@]4(C)[C@H]3CC[C@]12C)C1CCCC(O)C1. The first kappa shape index (κ1) is 20.3. The standard InChI is InChI=1S/C27H42O2/c1-17(18-6-4-8-20(28)16-18)22-12-13-23-21-11-10-19-7-5-9-25(29)27(19,3)24(21)14-15-26(22,23)2/h10,12,17-18,20-21,23-25,28-29H,4-9,11,13-16H2,1-3H3/t17?,18?,20?,21-,23-,24-,25?,26+,27-/m0/s1. The highest BCUT2D eigenvalue weighted by Gasteiger charge is 2.58. The summed E-state index contributed by atoms with van der Waals surface area (Å²) in [6.07, 6.45) is 17.8. The Labute approximate surface area is 177 Å². The van der Waals surface area contributed by atoms with Crippen LogP contribution in [0.4, 0.5) is 0 Å². The fourth-order valence-electron chi connectivity index (χ4n) is 8.93. The molecule has 3 fully saturated rings. The molecule has 9 atom stereocenters. The summed E-state index contributed by atoms with van der Waals surface area (Å²) in [6.45, 7) is 7.43. The molecule has 0 aromatic carbocycles. The third-order valence-corrected chi connectivity index (χ3v) is 10.7. The predicted molar refractivity (Wildman–Crippen MR) is 118 cm³/mol. The van der Waals surface area contributed by atoms with Gasteiger partial charge in [0.25, 0.3) is 0 Å². The van der Waals surface area contributed by atoms with Crippen LogP contribution in [0.5, 0.6) is 0 Å². The average molecular weight is 399 g/mol. The maximum atomic E-state index is 11.1. The molecule has 2 nitrogen and oxygen atoms in total. The van der Waals surface area contributed by atoms with Gasteiger partial charge in [-0.05, 0) is 99.2 Å². The van der Waals surface area contributed by atoms with Crippen LogP contribution in [-0.2, 0) is 0 Å². The zero-order chi connectivity index (χ0) is 20.4. The molecule has 0 aliphatic heterocycles. The number of hydrogen-bond donors (Lipinski definition) is 2. The van der Waals surface area contributed by atoms with Crippen LogP contribution in [0.3, 0.4) is 0 Å². The molecular weight excluding hydrogens is 356 g/mol. The molecule has 4 unspecified atom stereocenters.